The number of unbranched alkanes of at least 4 members (excludes halogenated alkanes) is 1. The van der Waals surface area contributed by atoms with Crippen LogP contribution in [-0.4, -0.2) is 37.0 Å². The number of anilines is 1. The van der Waals surface area contributed by atoms with Crippen molar-refractivity contribution in [2.45, 2.75) is 12.8 Å². The predicted molar refractivity (Wildman–Crippen MR) is 67.3 cm³/mol. The number of methoxy groups -OCH3 is 1. The van der Waals surface area contributed by atoms with Crippen molar-refractivity contribution in [3.63, 3.8) is 0 Å². The van der Waals surface area contributed by atoms with Gasteiger partial charge in [0.05, 0.1) is 11.1 Å². The third-order valence-electron chi connectivity index (χ3n) is 2.97. The lowest BCUT2D eigenvalue weighted by Crippen LogP contribution is -2.30. The molecular weight excluding hydrogens is 232 g/mol. The highest BCUT2D eigenvalue weighted by molar-refractivity contribution is 6.21. The normalized spacial score (nSPS) is 14.2. The summed E-state index contributed by atoms with van der Waals surface area (Å²) in [4.78, 5) is 25.3. The van der Waals surface area contributed by atoms with Crippen LogP contribution in [0.5, 0.6) is 0 Å². The van der Waals surface area contributed by atoms with Gasteiger partial charge in [-0.15, -0.1) is 0 Å². The molecule has 0 saturated heterocycles. The van der Waals surface area contributed by atoms with Crippen LogP contribution in [0.15, 0.2) is 18.2 Å². The zero-order valence-electron chi connectivity index (χ0n) is 10.3. The van der Waals surface area contributed by atoms with Gasteiger partial charge in [-0.1, -0.05) is 0 Å². The number of hydrogen-bond donors (Lipinski definition) is 1. The van der Waals surface area contributed by atoms with Gasteiger partial charge in [-0.05, 0) is 31.0 Å². The molecule has 0 atom stereocenters. The van der Waals surface area contributed by atoms with Crippen molar-refractivity contribution in [1.29, 1.82) is 0 Å². The van der Waals surface area contributed by atoms with Gasteiger partial charge in [-0.25, -0.2) is 0 Å². The van der Waals surface area contributed by atoms with E-state index in [-0.39, 0.29) is 11.8 Å². The average molecular weight is 248 g/mol. The van der Waals surface area contributed by atoms with Gasteiger partial charge in [0.25, 0.3) is 11.8 Å². The van der Waals surface area contributed by atoms with Crippen molar-refractivity contribution in [2.75, 3.05) is 26.0 Å². The van der Waals surface area contributed by atoms with Crippen LogP contribution in [0.4, 0.5) is 5.69 Å². The highest BCUT2D eigenvalue weighted by atomic mass is 16.5. The van der Waals surface area contributed by atoms with Crippen LogP contribution in [-0.2, 0) is 4.74 Å². The highest BCUT2D eigenvalue weighted by Gasteiger charge is 2.34. The van der Waals surface area contributed by atoms with Gasteiger partial charge < -0.3 is 10.5 Å². The average Bonchev–Trinajstić information content (AvgIpc) is 2.59. The van der Waals surface area contributed by atoms with Crippen LogP contribution in [0, 0.1) is 0 Å². The van der Waals surface area contributed by atoms with E-state index >= 15 is 0 Å². The Balaban J connectivity index is 2.08. The number of nitrogens with two attached hydrogens (primary N) is 1. The summed E-state index contributed by atoms with van der Waals surface area (Å²) >= 11 is 0. The molecule has 5 heteroatoms. The maximum atomic E-state index is 12.0. The van der Waals surface area contributed by atoms with Crippen molar-refractivity contribution >= 4 is 17.5 Å². The number of carbonyl (C=O) groups is 2. The van der Waals surface area contributed by atoms with E-state index in [2.05, 4.69) is 0 Å². The fourth-order valence-corrected chi connectivity index (χ4v) is 2.03. The number of benzene rings is 1. The maximum Gasteiger partial charge on any atom is 0.261 e. The molecule has 0 aromatic heterocycles. The number of rotatable bonds is 5. The molecule has 1 aliphatic rings. The van der Waals surface area contributed by atoms with Crippen LogP contribution in [0.1, 0.15) is 33.6 Å². The lowest BCUT2D eigenvalue weighted by molar-refractivity contribution is 0.0647. The smallest absolute Gasteiger partial charge is 0.261 e. The summed E-state index contributed by atoms with van der Waals surface area (Å²) in [5.74, 6) is -0.480. The quantitative estimate of drug-likeness (QED) is 0.484. The second-order valence-corrected chi connectivity index (χ2v) is 4.27. The summed E-state index contributed by atoms with van der Waals surface area (Å²) < 4.78 is 4.93. The summed E-state index contributed by atoms with van der Waals surface area (Å²) in [6.45, 7) is 1.06. The first-order valence-corrected chi connectivity index (χ1v) is 5.90. The summed E-state index contributed by atoms with van der Waals surface area (Å²) in [5.41, 5.74) is 6.98. The Bertz CT molecular complexity index is 485. The lowest BCUT2D eigenvalue weighted by Gasteiger charge is -2.13. The Morgan fingerprint density at radius 2 is 1.89 bits per heavy atom. The second kappa shape index (κ2) is 5.18. The number of fused-ring (bicyclic) bond motifs is 1. The number of hydrogen-bond acceptors (Lipinski definition) is 4. The molecule has 1 heterocycles. The van der Waals surface area contributed by atoms with Crippen molar-refractivity contribution in [2.24, 2.45) is 0 Å². The third kappa shape index (κ3) is 2.22. The van der Waals surface area contributed by atoms with Gasteiger partial charge in [-0.2, -0.15) is 0 Å². The molecule has 0 bridgehead atoms. The molecule has 18 heavy (non-hydrogen) atoms. The van der Waals surface area contributed by atoms with Crippen molar-refractivity contribution in [1.82, 2.24) is 4.90 Å². The molecule has 1 aromatic carbocycles. The first kappa shape index (κ1) is 12.6. The molecule has 0 spiro atoms. The zero-order valence-corrected chi connectivity index (χ0v) is 10.3. The Morgan fingerprint density at radius 1 is 1.17 bits per heavy atom. The van der Waals surface area contributed by atoms with E-state index in [0.717, 1.165) is 12.8 Å². The monoisotopic (exact) mass is 248 g/mol. The number of nitrogen functional groups attached to an aromatic ring is 1. The number of nitrogens with zero attached hydrogens (tertiary/aromatic N) is 1. The topological polar surface area (TPSA) is 72.6 Å². The molecule has 2 N–H and O–H groups in total. The zero-order chi connectivity index (χ0) is 13.1. The molecule has 1 aromatic rings. The first-order valence-electron chi connectivity index (χ1n) is 5.90. The van der Waals surface area contributed by atoms with E-state index in [0.29, 0.717) is 30.0 Å². The minimum absolute atomic E-state index is 0.229. The fraction of sp³-hybridized carbons (Fsp3) is 0.385. The van der Waals surface area contributed by atoms with Gasteiger partial charge >= 0.3 is 0 Å². The van der Waals surface area contributed by atoms with Gasteiger partial charge in [-0.3, -0.25) is 14.5 Å². The highest BCUT2D eigenvalue weighted by Crippen LogP contribution is 2.24. The Labute approximate surface area is 106 Å². The number of imide groups is 1. The molecule has 0 aliphatic carbocycles. The van der Waals surface area contributed by atoms with Crippen molar-refractivity contribution < 1.29 is 14.3 Å². The van der Waals surface area contributed by atoms with E-state index in [9.17, 15) is 9.59 Å². The number of amides is 2. The van der Waals surface area contributed by atoms with Gasteiger partial charge in [0.2, 0.25) is 0 Å². The minimum Gasteiger partial charge on any atom is -0.399 e. The van der Waals surface area contributed by atoms with E-state index in [4.69, 9.17) is 10.5 Å². The molecule has 2 amide bonds. The van der Waals surface area contributed by atoms with Crippen LogP contribution < -0.4 is 5.73 Å². The summed E-state index contributed by atoms with van der Waals surface area (Å²) in [7, 11) is 1.63. The third-order valence-corrected chi connectivity index (χ3v) is 2.97. The number of carbonyl (C=O) groups excluding carboxylic acids is 2. The molecule has 96 valence electrons. The molecule has 5 nitrogen and oxygen atoms in total. The van der Waals surface area contributed by atoms with Crippen LogP contribution in [0.25, 0.3) is 0 Å². The van der Waals surface area contributed by atoms with E-state index in [1.165, 1.54) is 4.90 Å². The lowest BCUT2D eigenvalue weighted by atomic mass is 10.1. The molecular formula is C13H16N2O3. The van der Waals surface area contributed by atoms with E-state index in [1.54, 1.807) is 25.3 Å². The largest absolute Gasteiger partial charge is 0.399 e. The summed E-state index contributed by atoms with van der Waals surface area (Å²) in [5, 5.41) is 0. The molecule has 1 aliphatic heterocycles. The predicted octanol–water partition coefficient (Wildman–Crippen LogP) is 1.29. The standard InChI is InChI=1S/C13H16N2O3/c1-18-7-3-2-6-15-12(16)10-5-4-9(14)8-11(10)13(15)17/h4-5,8H,2-3,6-7,14H2,1H3. The van der Waals surface area contributed by atoms with Crippen LogP contribution in [0.3, 0.4) is 0 Å². The minimum atomic E-state index is -0.250. The van der Waals surface area contributed by atoms with Crippen molar-refractivity contribution in [3.05, 3.63) is 29.3 Å². The maximum absolute atomic E-state index is 12.0. The van der Waals surface area contributed by atoms with Crippen LogP contribution >= 0.6 is 0 Å². The molecule has 0 fully saturated rings. The Morgan fingerprint density at radius 3 is 2.61 bits per heavy atom. The van der Waals surface area contributed by atoms with Crippen LogP contribution in [0.2, 0.25) is 0 Å². The molecule has 0 radical (unpaired) electrons. The van der Waals surface area contributed by atoms with E-state index < -0.39 is 0 Å². The SMILES string of the molecule is COCCCCN1C(=O)c2ccc(N)cc2C1=O. The molecule has 0 unspecified atom stereocenters. The molecule has 0 saturated carbocycles. The van der Waals surface area contributed by atoms with Crippen molar-refractivity contribution in [3.8, 4) is 0 Å². The number of ether oxygens (including phenoxy) is 1. The second-order valence-electron chi connectivity index (χ2n) is 4.27. The van der Waals surface area contributed by atoms with Gasteiger partial charge in [0, 0.05) is 25.9 Å². The summed E-state index contributed by atoms with van der Waals surface area (Å²) in [6, 6.07) is 4.81. The Kier molecular flexibility index (Phi) is 3.62. The van der Waals surface area contributed by atoms with Gasteiger partial charge in [0.15, 0.2) is 0 Å². The fourth-order valence-electron chi connectivity index (χ4n) is 2.03. The first-order chi connectivity index (χ1) is 8.65. The molecule has 2 rings (SSSR count). The van der Waals surface area contributed by atoms with E-state index in [1.807, 2.05) is 0 Å². The van der Waals surface area contributed by atoms with Gasteiger partial charge in [0.1, 0.15) is 0 Å². The summed E-state index contributed by atoms with van der Waals surface area (Å²) in [6.07, 6.45) is 1.57. The Hall–Kier alpha value is -1.88.